The highest BCUT2D eigenvalue weighted by atomic mass is 14.4. The monoisotopic (exact) mass is 1420 g/mol. The lowest BCUT2D eigenvalue weighted by Crippen LogP contribution is -2.16. The molecule has 0 fully saturated rings. The SMILES string of the molecule is CC1(C)c2c(-c3ccc(-c4c5ccccc5c(-c5ccc(-c6cc7ccccc7c7ccccc67)cc5)c5ccccc45)cc3)cccc2-c2ccc3ccccc3c21.CC1(C)c2c(-c3ccc(-c4c5ccccc5c(-c5cccc6c5ccc5ccccc56)c5ccccc45)cc3)cccc2-c2ccc3ccccc3c21. The molecular formula is C112H76. The Hall–Kier alpha value is -13.8. The second-order valence-electron chi connectivity index (χ2n) is 31.9. The summed E-state index contributed by atoms with van der Waals surface area (Å²) in [6.45, 7) is 9.61. The predicted octanol–water partition coefficient (Wildman–Crippen LogP) is 31.2. The van der Waals surface area contributed by atoms with Crippen LogP contribution in [0.3, 0.4) is 0 Å². The molecule has 0 aliphatic heterocycles. The number of hydrogen-bond donors (Lipinski definition) is 0. The van der Waals surface area contributed by atoms with Crippen molar-refractivity contribution in [2.24, 2.45) is 0 Å². The Morgan fingerprint density at radius 1 is 0.134 bits per heavy atom. The zero-order valence-corrected chi connectivity index (χ0v) is 63.0. The average Bonchev–Trinajstić information content (AvgIpc) is 1.60. The maximum atomic E-state index is 2.40. The van der Waals surface area contributed by atoms with E-state index in [9.17, 15) is 0 Å². The minimum Gasteiger partial charge on any atom is -0.0616 e. The van der Waals surface area contributed by atoms with Crippen LogP contribution in [0.25, 0.3) is 208 Å². The number of benzene rings is 21. The van der Waals surface area contributed by atoms with E-state index in [0.29, 0.717) is 0 Å². The van der Waals surface area contributed by atoms with Crippen LogP contribution in [-0.4, -0.2) is 0 Å². The first-order chi connectivity index (χ1) is 55.1. The zero-order chi connectivity index (χ0) is 74.5. The second-order valence-corrected chi connectivity index (χ2v) is 31.9. The highest BCUT2D eigenvalue weighted by molar-refractivity contribution is 6.26. The van der Waals surface area contributed by atoms with E-state index in [1.807, 2.05) is 0 Å². The van der Waals surface area contributed by atoms with Crippen LogP contribution in [-0.2, 0) is 10.8 Å². The van der Waals surface area contributed by atoms with Crippen LogP contribution in [0, 0.1) is 0 Å². The number of fused-ring (bicyclic) bond motifs is 20. The Labute approximate surface area is 652 Å². The first-order valence-electron chi connectivity index (χ1n) is 39.5. The van der Waals surface area contributed by atoms with E-state index in [1.165, 1.54) is 230 Å². The van der Waals surface area contributed by atoms with Crippen molar-refractivity contribution >= 4 is 108 Å². The van der Waals surface area contributed by atoms with E-state index in [4.69, 9.17) is 0 Å². The van der Waals surface area contributed by atoms with Gasteiger partial charge in [0, 0.05) is 10.8 Å². The van der Waals surface area contributed by atoms with Crippen molar-refractivity contribution in [2.45, 2.75) is 38.5 Å². The van der Waals surface area contributed by atoms with E-state index in [-0.39, 0.29) is 10.8 Å². The quantitative estimate of drug-likeness (QED) is 0.110. The maximum absolute atomic E-state index is 2.40. The minimum atomic E-state index is -0.134. The molecule has 0 nitrogen and oxygen atoms in total. The highest BCUT2D eigenvalue weighted by Crippen LogP contribution is 2.57. The van der Waals surface area contributed by atoms with Crippen LogP contribution in [0.15, 0.2) is 388 Å². The minimum absolute atomic E-state index is 0.128. The van der Waals surface area contributed by atoms with Gasteiger partial charge in [-0.1, -0.05) is 410 Å². The van der Waals surface area contributed by atoms with Gasteiger partial charge in [0.2, 0.25) is 0 Å². The summed E-state index contributed by atoms with van der Waals surface area (Å²) >= 11 is 0. The van der Waals surface area contributed by atoms with Crippen molar-refractivity contribution in [1.82, 2.24) is 0 Å². The topological polar surface area (TPSA) is 0 Å². The number of hydrogen-bond acceptors (Lipinski definition) is 0. The molecule has 0 aromatic heterocycles. The van der Waals surface area contributed by atoms with E-state index in [2.05, 4.69) is 416 Å². The van der Waals surface area contributed by atoms with Crippen molar-refractivity contribution in [2.75, 3.05) is 0 Å². The molecule has 524 valence electrons. The standard InChI is InChI=1S/C59H40.C53H36/c1-59(2)57-45(24-13-25-52(57)53-35-34-37-14-3-6-17-44(37)58(53)59)38-26-30-40(31-27-38)55-48-20-9-11-22-50(48)56(51-23-12-10-21-49(51)55)41-32-28-39(29-33-41)54-36-42-15-4-5-16-43(42)46-18-7-8-19-47(46)54;1-53(2)51-39(21-11-24-47(51)48-32-30-34-14-4-6-16-38(34)52(48)53)35-25-27-36(28-26-35)49-43-17-7-9-19-45(43)50(46-20-10-8-18-44(46)49)42-23-12-22-40-37-15-5-3-13-33(37)29-31-41(40)42/h3-36H,1-2H3;3-32H,1-2H3. The third-order valence-electron chi connectivity index (χ3n) is 25.2. The third-order valence-corrected chi connectivity index (χ3v) is 25.2. The van der Waals surface area contributed by atoms with Gasteiger partial charge in [-0.15, -0.1) is 0 Å². The highest BCUT2D eigenvalue weighted by Gasteiger charge is 2.41. The van der Waals surface area contributed by atoms with Crippen LogP contribution in [0.5, 0.6) is 0 Å². The molecule has 0 bridgehead atoms. The van der Waals surface area contributed by atoms with Gasteiger partial charge in [-0.2, -0.15) is 0 Å². The Kier molecular flexibility index (Phi) is 14.8. The van der Waals surface area contributed by atoms with Gasteiger partial charge in [0.15, 0.2) is 0 Å². The van der Waals surface area contributed by atoms with Crippen molar-refractivity contribution in [3.8, 4) is 100 Å². The zero-order valence-electron chi connectivity index (χ0n) is 63.0. The van der Waals surface area contributed by atoms with Crippen LogP contribution in [0.1, 0.15) is 49.9 Å². The Balaban J connectivity index is 0.000000138. The fourth-order valence-electron chi connectivity index (χ4n) is 20.5. The summed E-state index contributed by atoms with van der Waals surface area (Å²) in [4.78, 5) is 0. The summed E-state index contributed by atoms with van der Waals surface area (Å²) in [6.07, 6.45) is 0. The van der Waals surface area contributed by atoms with Crippen LogP contribution >= 0.6 is 0 Å². The van der Waals surface area contributed by atoms with Gasteiger partial charge < -0.3 is 0 Å². The molecule has 0 unspecified atom stereocenters. The molecule has 2 aliphatic carbocycles. The summed E-state index contributed by atoms with van der Waals surface area (Å²) in [5.41, 5.74) is 28.6. The Morgan fingerprint density at radius 2 is 0.384 bits per heavy atom. The van der Waals surface area contributed by atoms with Crippen molar-refractivity contribution in [3.63, 3.8) is 0 Å². The summed E-state index contributed by atoms with van der Waals surface area (Å²) in [5.74, 6) is 0. The normalized spacial score (nSPS) is 13.1. The molecule has 0 heterocycles. The van der Waals surface area contributed by atoms with Gasteiger partial charge in [-0.3, -0.25) is 0 Å². The van der Waals surface area contributed by atoms with E-state index < -0.39 is 0 Å². The summed E-state index contributed by atoms with van der Waals surface area (Å²) in [5, 5.41) is 25.7. The summed E-state index contributed by atoms with van der Waals surface area (Å²) < 4.78 is 0. The molecule has 112 heavy (non-hydrogen) atoms. The summed E-state index contributed by atoms with van der Waals surface area (Å²) in [6, 6.07) is 145. The van der Waals surface area contributed by atoms with E-state index in [0.717, 1.165) is 0 Å². The van der Waals surface area contributed by atoms with E-state index in [1.54, 1.807) is 0 Å². The molecule has 0 radical (unpaired) electrons. The van der Waals surface area contributed by atoms with Gasteiger partial charge in [-0.25, -0.2) is 0 Å². The predicted molar refractivity (Wildman–Crippen MR) is 481 cm³/mol. The molecule has 0 saturated carbocycles. The lowest BCUT2D eigenvalue weighted by Gasteiger charge is -2.26. The van der Waals surface area contributed by atoms with Crippen LogP contribution < -0.4 is 0 Å². The largest absolute Gasteiger partial charge is 0.0616 e. The fraction of sp³-hybridized carbons (Fsp3) is 0.0536. The molecule has 23 rings (SSSR count). The lowest BCUT2D eigenvalue weighted by molar-refractivity contribution is 0.668. The molecule has 2 aliphatic rings. The van der Waals surface area contributed by atoms with Crippen molar-refractivity contribution < 1.29 is 0 Å². The van der Waals surface area contributed by atoms with Crippen molar-refractivity contribution in [1.29, 1.82) is 0 Å². The second kappa shape index (κ2) is 25.4. The molecule has 0 spiro atoms. The number of rotatable bonds is 7. The smallest absolute Gasteiger partial charge is 0.0171 e. The maximum Gasteiger partial charge on any atom is 0.0171 e. The molecule has 21 aromatic carbocycles. The van der Waals surface area contributed by atoms with Gasteiger partial charge in [0.1, 0.15) is 0 Å². The Bertz CT molecular complexity index is 7400. The Morgan fingerprint density at radius 3 is 0.795 bits per heavy atom. The molecule has 21 aromatic rings. The van der Waals surface area contributed by atoms with Gasteiger partial charge >= 0.3 is 0 Å². The molecule has 0 N–H and O–H groups in total. The first-order valence-corrected chi connectivity index (χ1v) is 39.5. The molecule has 0 saturated heterocycles. The van der Waals surface area contributed by atoms with Crippen LogP contribution in [0.4, 0.5) is 0 Å². The lowest BCUT2D eigenvalue weighted by atomic mass is 9.77. The molecule has 0 atom stereocenters. The van der Waals surface area contributed by atoms with Gasteiger partial charge in [0.25, 0.3) is 0 Å². The van der Waals surface area contributed by atoms with Crippen molar-refractivity contribution in [3.05, 3.63) is 411 Å². The average molecular weight is 1420 g/mol. The molecule has 0 amide bonds. The fourth-order valence-corrected chi connectivity index (χ4v) is 20.5. The molecular weight excluding hydrogens is 1350 g/mol. The molecule has 0 heteroatoms. The summed E-state index contributed by atoms with van der Waals surface area (Å²) in [7, 11) is 0. The van der Waals surface area contributed by atoms with Crippen LogP contribution in [0.2, 0.25) is 0 Å². The first kappa shape index (κ1) is 65.3. The third kappa shape index (κ3) is 9.94. The van der Waals surface area contributed by atoms with Gasteiger partial charge in [0.05, 0.1) is 0 Å². The van der Waals surface area contributed by atoms with E-state index >= 15 is 0 Å². The van der Waals surface area contributed by atoms with Gasteiger partial charge in [-0.05, 0) is 236 Å².